The molecule has 0 aliphatic heterocycles. The molecule has 2 aromatic carbocycles. The fraction of sp³-hybridized carbons (Fsp3) is 0.488. The molecule has 346 valence electrons. The van der Waals surface area contributed by atoms with Gasteiger partial charge < -0.3 is 69.5 Å². The molecule has 6 amide bonds. The van der Waals surface area contributed by atoms with Gasteiger partial charge in [-0.25, -0.2) is 4.79 Å². The van der Waals surface area contributed by atoms with Gasteiger partial charge in [-0.3, -0.25) is 38.6 Å². The van der Waals surface area contributed by atoms with E-state index in [1.54, 1.807) is 56.3 Å². The normalized spacial score (nSPS) is 14.3. The minimum atomic E-state index is -1.73. The summed E-state index contributed by atoms with van der Waals surface area (Å²) in [4.78, 5) is 108. The molecule has 22 nitrogen and oxygen atoms in total. The highest BCUT2D eigenvalue weighted by Gasteiger charge is 2.34. The Hall–Kier alpha value is -6.81. The number of carboxylic acids is 2. The van der Waals surface area contributed by atoms with E-state index in [2.05, 4.69) is 36.9 Å². The molecule has 63 heavy (non-hydrogen) atoms. The van der Waals surface area contributed by atoms with E-state index in [1.165, 1.54) is 19.1 Å². The number of amides is 6. The maximum Gasteiger partial charge on any atom is 0.326 e. The second-order valence-corrected chi connectivity index (χ2v) is 15.2. The highest BCUT2D eigenvalue weighted by molar-refractivity contribution is 5.97. The van der Waals surface area contributed by atoms with E-state index in [0.717, 1.165) is 0 Å². The lowest BCUT2D eigenvalue weighted by Crippen LogP contribution is -2.60. The monoisotopic (exact) mass is 884 g/mol. The van der Waals surface area contributed by atoms with Crippen LogP contribution in [0.25, 0.3) is 0 Å². The zero-order chi connectivity index (χ0) is 47.2. The standard InChI is InChI=1S/C41H60N10O12/c1-22(2)18-29(36(58)46-27(15-16-33(54)55)35(57)51-32(21-52)39(61)47-28(40(62)63)10-7-17-45-41(43)44)49-38(60)31(19-24-8-5-4-6-9-24)50-37(59)30(48-34(56)23(3)42)20-25-11-13-26(53)14-12-25/h4-6,8-9,11-14,22-23,27-32,52-53H,7,10,15-21,42H2,1-3H3,(H,46,58)(H,47,61)(H,48,56)(H,49,60)(H,50,59)(H,51,57)(H,54,55)(H,62,63)(H4,43,44,45)/t23-,27-,28-,29-,30-,31-,32-/m0/s1. The van der Waals surface area contributed by atoms with Gasteiger partial charge in [0.25, 0.3) is 0 Å². The number of phenolic OH excluding ortho intramolecular Hbond substituents is 1. The molecule has 0 fully saturated rings. The summed E-state index contributed by atoms with van der Waals surface area (Å²) in [6, 6.07) is 4.73. The van der Waals surface area contributed by atoms with Gasteiger partial charge in [0.2, 0.25) is 35.4 Å². The number of aliphatic imine (C=N–C) groups is 1. The topological polar surface area (TPSA) is 380 Å². The van der Waals surface area contributed by atoms with Gasteiger partial charge in [0.05, 0.1) is 12.6 Å². The molecule has 2 rings (SSSR count). The molecule has 7 atom stereocenters. The Morgan fingerprint density at radius 3 is 1.57 bits per heavy atom. The van der Waals surface area contributed by atoms with Crippen molar-refractivity contribution < 1.29 is 58.8 Å². The van der Waals surface area contributed by atoms with Crippen LogP contribution in [0.2, 0.25) is 0 Å². The number of hydrogen-bond acceptors (Lipinski definition) is 12. The summed E-state index contributed by atoms with van der Waals surface area (Å²) in [6.45, 7) is 3.96. The van der Waals surface area contributed by atoms with Crippen molar-refractivity contribution in [2.24, 2.45) is 28.1 Å². The number of carbonyl (C=O) groups excluding carboxylic acids is 6. The maximum atomic E-state index is 14.1. The number of nitrogens with zero attached hydrogens (tertiary/aromatic N) is 1. The van der Waals surface area contributed by atoms with E-state index in [4.69, 9.17) is 17.2 Å². The first-order chi connectivity index (χ1) is 29.7. The molecule has 0 spiro atoms. The Morgan fingerprint density at radius 2 is 1.06 bits per heavy atom. The van der Waals surface area contributed by atoms with Crippen molar-refractivity contribution in [2.75, 3.05) is 13.2 Å². The van der Waals surface area contributed by atoms with Gasteiger partial charge in [-0.1, -0.05) is 56.3 Å². The van der Waals surface area contributed by atoms with Gasteiger partial charge in [0.15, 0.2) is 5.96 Å². The maximum absolute atomic E-state index is 14.1. The second kappa shape index (κ2) is 26.5. The van der Waals surface area contributed by atoms with E-state index in [1.807, 2.05) is 0 Å². The number of phenols is 1. The molecule has 0 saturated carbocycles. The summed E-state index contributed by atoms with van der Waals surface area (Å²) in [5.74, 6) is -8.63. The number of aromatic hydroxyl groups is 1. The van der Waals surface area contributed by atoms with Crippen molar-refractivity contribution in [3.63, 3.8) is 0 Å². The number of aliphatic hydroxyl groups is 1. The largest absolute Gasteiger partial charge is 0.508 e. The van der Waals surface area contributed by atoms with Crippen LogP contribution in [0, 0.1) is 5.92 Å². The highest BCUT2D eigenvalue weighted by atomic mass is 16.4. The highest BCUT2D eigenvalue weighted by Crippen LogP contribution is 2.14. The predicted molar refractivity (Wildman–Crippen MR) is 228 cm³/mol. The Morgan fingerprint density at radius 1 is 0.603 bits per heavy atom. The van der Waals surface area contributed by atoms with Gasteiger partial charge in [0.1, 0.15) is 42.0 Å². The molecule has 0 aliphatic carbocycles. The number of carbonyl (C=O) groups is 8. The molecular weight excluding hydrogens is 825 g/mol. The van der Waals surface area contributed by atoms with Crippen LogP contribution in [0.1, 0.15) is 64.0 Å². The van der Waals surface area contributed by atoms with Crippen LogP contribution in [-0.2, 0) is 51.2 Å². The Labute approximate surface area is 364 Å². The molecule has 0 radical (unpaired) electrons. The van der Waals surface area contributed by atoms with E-state index in [9.17, 15) is 58.8 Å². The molecule has 2 aromatic rings. The fourth-order valence-corrected chi connectivity index (χ4v) is 6.00. The van der Waals surface area contributed by atoms with Gasteiger partial charge in [0, 0.05) is 25.8 Å². The summed E-state index contributed by atoms with van der Waals surface area (Å²) in [5, 5.41) is 53.5. The smallest absolute Gasteiger partial charge is 0.326 e. The van der Waals surface area contributed by atoms with Gasteiger partial charge >= 0.3 is 11.9 Å². The lowest BCUT2D eigenvalue weighted by Gasteiger charge is -2.28. The summed E-state index contributed by atoms with van der Waals surface area (Å²) in [5.41, 5.74) is 17.5. The zero-order valence-electron chi connectivity index (χ0n) is 35.4. The third-order valence-corrected chi connectivity index (χ3v) is 9.33. The van der Waals surface area contributed by atoms with Gasteiger partial charge in [-0.2, -0.15) is 0 Å². The number of aliphatic carboxylic acids is 2. The third kappa shape index (κ3) is 19.6. The third-order valence-electron chi connectivity index (χ3n) is 9.33. The van der Waals surface area contributed by atoms with Crippen LogP contribution >= 0.6 is 0 Å². The predicted octanol–water partition coefficient (Wildman–Crippen LogP) is -2.53. The van der Waals surface area contributed by atoms with E-state index in [-0.39, 0.29) is 56.3 Å². The van der Waals surface area contributed by atoms with Gasteiger partial charge in [-0.15, -0.1) is 0 Å². The number of benzene rings is 2. The number of nitrogens with two attached hydrogens (primary N) is 3. The lowest BCUT2D eigenvalue weighted by molar-refractivity contribution is -0.142. The minimum absolute atomic E-state index is 0.00774. The minimum Gasteiger partial charge on any atom is -0.508 e. The number of carboxylic acid groups (broad SMARTS) is 2. The van der Waals surface area contributed by atoms with E-state index >= 15 is 0 Å². The number of rotatable bonds is 27. The Balaban J connectivity index is 2.37. The quantitative estimate of drug-likeness (QED) is 0.0250. The van der Waals surface area contributed by atoms with Crippen molar-refractivity contribution >= 4 is 53.3 Å². The van der Waals surface area contributed by atoms with Crippen LogP contribution in [0.3, 0.4) is 0 Å². The van der Waals surface area contributed by atoms with E-state index in [0.29, 0.717) is 11.1 Å². The summed E-state index contributed by atoms with van der Waals surface area (Å²) in [7, 11) is 0. The molecular formula is C41H60N10O12. The number of guanidine groups is 1. The molecule has 0 bridgehead atoms. The second-order valence-electron chi connectivity index (χ2n) is 15.2. The summed E-state index contributed by atoms with van der Waals surface area (Å²) in [6.07, 6.45) is -1.24. The fourth-order valence-electron chi connectivity index (χ4n) is 6.00. The van der Waals surface area contributed by atoms with E-state index < -0.39 is 109 Å². The summed E-state index contributed by atoms with van der Waals surface area (Å²) >= 11 is 0. The van der Waals surface area contributed by atoms with Crippen molar-refractivity contribution in [3.05, 3.63) is 65.7 Å². The SMILES string of the molecule is CC(C)C[C@H](NC(=O)[C@H](Cc1ccccc1)NC(=O)[C@H](Cc1ccc(O)cc1)NC(=O)[C@H](C)N)C(=O)N[C@@H](CCC(=O)O)C(=O)N[C@@H](CO)C(=O)N[C@@H](CCCN=C(N)N)C(=O)O. The molecule has 0 aromatic heterocycles. The summed E-state index contributed by atoms with van der Waals surface area (Å²) < 4.78 is 0. The molecule has 0 unspecified atom stereocenters. The van der Waals surface area contributed by atoms with Crippen LogP contribution < -0.4 is 49.1 Å². The number of aliphatic hydroxyl groups excluding tert-OH is 1. The van der Waals surface area contributed by atoms with Crippen LogP contribution in [0.15, 0.2) is 59.6 Å². The molecule has 0 aliphatic rings. The van der Waals surface area contributed by atoms with Crippen LogP contribution in [0.4, 0.5) is 0 Å². The molecule has 22 heteroatoms. The average Bonchev–Trinajstić information content (AvgIpc) is 3.21. The van der Waals surface area contributed by atoms with Crippen molar-refractivity contribution in [2.45, 2.75) is 108 Å². The van der Waals surface area contributed by atoms with Crippen molar-refractivity contribution in [1.29, 1.82) is 0 Å². The molecule has 0 heterocycles. The number of nitrogens with one attached hydrogen (secondary N) is 6. The zero-order valence-corrected chi connectivity index (χ0v) is 35.4. The number of hydrogen-bond donors (Lipinski definition) is 13. The van der Waals surface area contributed by atoms with Crippen molar-refractivity contribution in [1.82, 2.24) is 31.9 Å². The molecule has 0 saturated heterocycles. The Kier molecular flexibility index (Phi) is 22.0. The van der Waals surface area contributed by atoms with Crippen LogP contribution in [-0.4, -0.2) is 129 Å². The van der Waals surface area contributed by atoms with Gasteiger partial charge in [-0.05, 0) is 61.8 Å². The first-order valence-electron chi connectivity index (χ1n) is 20.2. The Bertz CT molecular complexity index is 1890. The molecule has 16 N–H and O–H groups in total. The first-order valence-corrected chi connectivity index (χ1v) is 20.2. The van der Waals surface area contributed by atoms with Crippen LogP contribution in [0.5, 0.6) is 5.75 Å². The lowest BCUT2D eigenvalue weighted by atomic mass is 9.99. The first kappa shape index (κ1) is 52.3. The van der Waals surface area contributed by atoms with Crippen molar-refractivity contribution in [3.8, 4) is 5.75 Å². The average molecular weight is 885 g/mol.